The first-order chi connectivity index (χ1) is 8.56. The molecule has 0 aliphatic heterocycles. The molecule has 0 amide bonds. The van der Waals surface area contributed by atoms with Crippen LogP contribution in [0, 0.1) is 0 Å². The number of anilines is 1. The van der Waals surface area contributed by atoms with Crippen molar-refractivity contribution < 1.29 is 0 Å². The predicted octanol–water partition coefficient (Wildman–Crippen LogP) is 6.13. The zero-order chi connectivity index (χ0) is 13.1. The zero-order valence-corrected chi connectivity index (χ0v) is 13.9. The molecule has 1 nitrogen and oxygen atoms in total. The normalized spacial score (nSPS) is 10.4. The van der Waals surface area contributed by atoms with Crippen molar-refractivity contribution in [1.29, 1.82) is 0 Å². The lowest BCUT2D eigenvalue weighted by molar-refractivity contribution is 1.14. The molecule has 0 bridgehead atoms. The molecule has 18 heavy (non-hydrogen) atoms. The lowest BCUT2D eigenvalue weighted by Gasteiger charge is -2.10. The summed E-state index contributed by atoms with van der Waals surface area (Å²) in [6.45, 7) is 0.675. The highest BCUT2D eigenvalue weighted by Crippen LogP contribution is 2.27. The number of hydrogen-bond acceptors (Lipinski definition) is 1. The molecule has 0 atom stereocenters. The summed E-state index contributed by atoms with van der Waals surface area (Å²) in [5, 5.41) is 4.71. The second-order valence-electron chi connectivity index (χ2n) is 3.71. The topological polar surface area (TPSA) is 12.0 Å². The van der Waals surface area contributed by atoms with Crippen molar-refractivity contribution in [2.45, 2.75) is 6.54 Å². The van der Waals surface area contributed by atoms with Crippen molar-refractivity contribution in [2.75, 3.05) is 5.32 Å². The van der Waals surface area contributed by atoms with E-state index in [2.05, 4.69) is 37.2 Å². The van der Waals surface area contributed by atoms with Crippen LogP contribution in [-0.2, 0) is 6.54 Å². The summed E-state index contributed by atoms with van der Waals surface area (Å²) < 4.78 is 1.97. The Balaban J connectivity index is 2.13. The number of hydrogen-bond donors (Lipinski definition) is 1. The smallest absolute Gasteiger partial charge is 0.0638 e. The molecule has 0 fully saturated rings. The van der Waals surface area contributed by atoms with Gasteiger partial charge in [0.1, 0.15) is 0 Å². The van der Waals surface area contributed by atoms with Crippen molar-refractivity contribution >= 4 is 60.7 Å². The van der Waals surface area contributed by atoms with E-state index in [1.165, 1.54) is 0 Å². The third-order valence-corrected chi connectivity index (χ3v) is 4.21. The van der Waals surface area contributed by atoms with E-state index in [9.17, 15) is 0 Å². The van der Waals surface area contributed by atoms with Crippen molar-refractivity contribution in [3.63, 3.8) is 0 Å². The lowest BCUT2D eigenvalue weighted by atomic mass is 10.2. The molecule has 0 aliphatic carbocycles. The van der Waals surface area contributed by atoms with Crippen molar-refractivity contribution in [3.05, 3.63) is 61.0 Å². The fourth-order valence-corrected chi connectivity index (χ4v) is 2.86. The average molecular weight is 410 g/mol. The number of rotatable bonds is 3. The molecular formula is C13H9Br2Cl2N. The molecule has 0 aliphatic rings. The molecule has 1 N–H and O–H groups in total. The summed E-state index contributed by atoms with van der Waals surface area (Å²) in [6.07, 6.45) is 0. The maximum absolute atomic E-state index is 6.11. The molecule has 0 radical (unpaired) electrons. The first kappa shape index (κ1) is 14.2. The lowest BCUT2D eigenvalue weighted by Crippen LogP contribution is -2.00. The Hall–Kier alpha value is -0.220. The Bertz CT molecular complexity index is 573. The number of halogens is 4. The van der Waals surface area contributed by atoms with Gasteiger partial charge in [-0.25, -0.2) is 0 Å². The van der Waals surface area contributed by atoms with Gasteiger partial charge in [0.25, 0.3) is 0 Å². The summed E-state index contributed by atoms with van der Waals surface area (Å²) in [4.78, 5) is 0. The maximum Gasteiger partial charge on any atom is 0.0638 e. The summed E-state index contributed by atoms with van der Waals surface area (Å²) >= 11 is 18.9. The number of benzene rings is 2. The van der Waals surface area contributed by atoms with E-state index in [1.54, 1.807) is 0 Å². The van der Waals surface area contributed by atoms with Gasteiger partial charge < -0.3 is 5.32 Å². The van der Waals surface area contributed by atoms with Gasteiger partial charge in [-0.15, -0.1) is 0 Å². The Morgan fingerprint density at radius 2 is 1.78 bits per heavy atom. The summed E-state index contributed by atoms with van der Waals surface area (Å²) in [7, 11) is 0. The molecule has 0 heterocycles. The molecule has 0 saturated carbocycles. The minimum absolute atomic E-state index is 0.675. The fraction of sp³-hybridized carbons (Fsp3) is 0.0769. The third kappa shape index (κ3) is 3.64. The molecule has 94 valence electrons. The van der Waals surface area contributed by atoms with Crippen molar-refractivity contribution in [2.24, 2.45) is 0 Å². The molecular weight excluding hydrogens is 401 g/mol. The van der Waals surface area contributed by atoms with Gasteiger partial charge in [0.15, 0.2) is 0 Å². The molecule has 0 saturated heterocycles. The second-order valence-corrected chi connectivity index (χ2v) is 6.33. The molecule has 2 aromatic carbocycles. The average Bonchev–Trinajstić information content (AvgIpc) is 2.32. The standard InChI is InChI=1S/C13H9Br2Cl2N/c14-9-2-4-12(17)13(5-9)18-7-8-1-3-10(16)6-11(8)15/h1-6,18H,7H2. The van der Waals surface area contributed by atoms with E-state index in [0.717, 1.165) is 20.2 Å². The minimum Gasteiger partial charge on any atom is -0.380 e. The van der Waals surface area contributed by atoms with E-state index in [4.69, 9.17) is 23.2 Å². The highest BCUT2D eigenvalue weighted by molar-refractivity contribution is 9.10. The fourth-order valence-electron chi connectivity index (χ4n) is 1.49. The SMILES string of the molecule is Clc1ccc(CNc2cc(Br)ccc2Cl)c(Br)c1. The molecule has 0 spiro atoms. The summed E-state index contributed by atoms with van der Waals surface area (Å²) in [5.74, 6) is 0. The van der Waals surface area contributed by atoms with E-state index in [1.807, 2.05) is 36.4 Å². The van der Waals surface area contributed by atoms with Crippen LogP contribution in [0.4, 0.5) is 5.69 Å². The van der Waals surface area contributed by atoms with Crippen LogP contribution in [0.2, 0.25) is 10.0 Å². The van der Waals surface area contributed by atoms with Crippen LogP contribution >= 0.6 is 55.1 Å². The van der Waals surface area contributed by atoms with Crippen molar-refractivity contribution in [3.8, 4) is 0 Å². The van der Waals surface area contributed by atoms with E-state index in [-0.39, 0.29) is 0 Å². The van der Waals surface area contributed by atoms with Gasteiger partial charge in [-0.2, -0.15) is 0 Å². The van der Waals surface area contributed by atoms with Gasteiger partial charge in [0.05, 0.1) is 10.7 Å². The Labute approximate surface area is 133 Å². The first-order valence-corrected chi connectivity index (χ1v) is 7.53. The third-order valence-electron chi connectivity index (χ3n) is 2.41. The van der Waals surface area contributed by atoms with Crippen LogP contribution in [0.1, 0.15) is 5.56 Å². The van der Waals surface area contributed by atoms with E-state index in [0.29, 0.717) is 16.6 Å². The zero-order valence-electron chi connectivity index (χ0n) is 9.18. The first-order valence-electron chi connectivity index (χ1n) is 5.19. The van der Waals surface area contributed by atoms with E-state index < -0.39 is 0 Å². The van der Waals surface area contributed by atoms with Crippen LogP contribution in [-0.4, -0.2) is 0 Å². The Morgan fingerprint density at radius 3 is 2.50 bits per heavy atom. The second kappa shape index (κ2) is 6.29. The molecule has 2 rings (SSSR count). The minimum atomic E-state index is 0.675. The summed E-state index contributed by atoms with van der Waals surface area (Å²) in [6, 6.07) is 11.4. The van der Waals surface area contributed by atoms with Crippen LogP contribution < -0.4 is 5.32 Å². The highest BCUT2D eigenvalue weighted by Gasteiger charge is 2.04. The van der Waals surface area contributed by atoms with Gasteiger partial charge in [-0.05, 0) is 35.9 Å². The Kier molecular flexibility index (Phi) is 4.96. The van der Waals surface area contributed by atoms with Crippen LogP contribution in [0.5, 0.6) is 0 Å². The summed E-state index contributed by atoms with van der Waals surface area (Å²) in [5.41, 5.74) is 2.02. The molecule has 2 aromatic rings. The maximum atomic E-state index is 6.11. The molecule has 5 heteroatoms. The van der Waals surface area contributed by atoms with E-state index >= 15 is 0 Å². The van der Waals surface area contributed by atoms with Crippen LogP contribution in [0.25, 0.3) is 0 Å². The van der Waals surface area contributed by atoms with Gasteiger partial charge in [-0.3, -0.25) is 0 Å². The predicted molar refractivity (Wildman–Crippen MR) is 85.6 cm³/mol. The van der Waals surface area contributed by atoms with Crippen LogP contribution in [0.3, 0.4) is 0 Å². The molecule has 0 aromatic heterocycles. The molecule has 0 unspecified atom stereocenters. The highest BCUT2D eigenvalue weighted by atomic mass is 79.9. The van der Waals surface area contributed by atoms with Gasteiger partial charge >= 0.3 is 0 Å². The largest absolute Gasteiger partial charge is 0.380 e. The van der Waals surface area contributed by atoms with Gasteiger partial charge in [0.2, 0.25) is 0 Å². The van der Waals surface area contributed by atoms with Gasteiger partial charge in [-0.1, -0.05) is 61.1 Å². The van der Waals surface area contributed by atoms with Crippen LogP contribution in [0.15, 0.2) is 45.3 Å². The number of nitrogens with one attached hydrogen (secondary N) is 1. The quantitative estimate of drug-likeness (QED) is 0.642. The van der Waals surface area contributed by atoms with Gasteiger partial charge in [0, 0.05) is 20.5 Å². The monoisotopic (exact) mass is 407 g/mol. The Morgan fingerprint density at radius 1 is 1.00 bits per heavy atom. The van der Waals surface area contributed by atoms with Crippen molar-refractivity contribution in [1.82, 2.24) is 0 Å².